The summed E-state index contributed by atoms with van der Waals surface area (Å²) in [7, 11) is 1.40. The maximum Gasteiger partial charge on any atom is 0.308 e. The van der Waals surface area contributed by atoms with Crippen molar-refractivity contribution in [1.82, 2.24) is 0 Å². The van der Waals surface area contributed by atoms with Crippen LogP contribution < -0.4 is 33.2 Å². The van der Waals surface area contributed by atoms with Gasteiger partial charge in [0.2, 0.25) is 11.9 Å². The molecule has 0 N–H and O–H groups in total. The summed E-state index contributed by atoms with van der Waals surface area (Å²) < 4.78 is 50.6. The smallest absolute Gasteiger partial charge is 0.308 e. The van der Waals surface area contributed by atoms with Crippen LogP contribution in [0, 0.1) is 0 Å². The number of carbonyl (C=O) groups excluding carboxylic acids is 6. The summed E-state index contributed by atoms with van der Waals surface area (Å²) in [6, 6.07) is 11.8. The normalized spacial score (nSPS) is 18.8. The average Bonchev–Trinajstić information content (AvgIpc) is 3.03. The van der Waals surface area contributed by atoms with Crippen LogP contribution in [0.1, 0.15) is 68.3 Å². The number of Topliss-reactive ketones (excluding diaryl/α,β-unsaturated/α-hetero) is 1. The van der Waals surface area contributed by atoms with E-state index in [4.69, 9.17) is 42.6 Å². The van der Waals surface area contributed by atoms with Crippen molar-refractivity contribution < 1.29 is 71.4 Å². The number of hydrogen-bond acceptors (Lipinski definition) is 15. The molecule has 0 bridgehead atoms. The zero-order chi connectivity index (χ0) is 36.3. The van der Waals surface area contributed by atoms with Crippen LogP contribution in [0.25, 0.3) is 0 Å². The second kappa shape index (κ2) is 14.6. The fraction of sp³-hybridized carbons (Fsp3) is 0.314. The largest absolute Gasteiger partial charge is 0.493 e. The van der Waals surface area contributed by atoms with E-state index in [0.29, 0.717) is 11.1 Å². The summed E-state index contributed by atoms with van der Waals surface area (Å²) in [6.07, 6.45) is -4.53. The molecule has 0 unspecified atom stereocenters. The summed E-state index contributed by atoms with van der Waals surface area (Å²) >= 11 is 0. The molecular formula is C35H32O15. The van der Waals surface area contributed by atoms with Crippen molar-refractivity contribution in [3.63, 3.8) is 0 Å². The van der Waals surface area contributed by atoms with Crippen molar-refractivity contribution in [3.05, 3.63) is 65.2 Å². The van der Waals surface area contributed by atoms with Gasteiger partial charge in [0.15, 0.2) is 41.3 Å². The van der Waals surface area contributed by atoms with E-state index < -0.39 is 60.0 Å². The zero-order valence-electron chi connectivity index (χ0n) is 27.8. The highest BCUT2D eigenvalue weighted by Gasteiger charge is 2.44. The van der Waals surface area contributed by atoms with Crippen LogP contribution in [0.5, 0.6) is 40.2 Å². The third kappa shape index (κ3) is 7.77. The van der Waals surface area contributed by atoms with Crippen LogP contribution >= 0.6 is 0 Å². The minimum Gasteiger partial charge on any atom is -0.493 e. The fourth-order valence-electron chi connectivity index (χ4n) is 5.41. The molecule has 0 amide bonds. The molecule has 5 rings (SSSR count). The Morgan fingerprint density at radius 3 is 1.90 bits per heavy atom. The molecule has 0 aromatic heterocycles. The van der Waals surface area contributed by atoms with Crippen LogP contribution in [0.3, 0.4) is 0 Å². The highest BCUT2D eigenvalue weighted by Crippen LogP contribution is 2.47. The van der Waals surface area contributed by atoms with Gasteiger partial charge in [-0.25, -0.2) is 0 Å². The fourth-order valence-corrected chi connectivity index (χ4v) is 5.41. The van der Waals surface area contributed by atoms with E-state index in [9.17, 15) is 28.8 Å². The molecule has 50 heavy (non-hydrogen) atoms. The quantitative estimate of drug-likeness (QED) is 0.230. The number of rotatable bonds is 9. The van der Waals surface area contributed by atoms with Crippen molar-refractivity contribution in [2.24, 2.45) is 0 Å². The third-order valence-electron chi connectivity index (χ3n) is 7.27. The van der Waals surface area contributed by atoms with E-state index in [1.54, 1.807) is 24.3 Å². The molecule has 0 saturated carbocycles. The minimum atomic E-state index is -1.54. The van der Waals surface area contributed by atoms with Gasteiger partial charge in [0, 0.05) is 57.9 Å². The number of hydrogen-bond donors (Lipinski definition) is 0. The molecule has 15 heteroatoms. The lowest BCUT2D eigenvalue weighted by Crippen LogP contribution is -2.40. The van der Waals surface area contributed by atoms with Gasteiger partial charge in [-0.05, 0) is 24.3 Å². The number of carbonyl (C=O) groups is 6. The minimum absolute atomic E-state index is 0.0658. The number of methoxy groups -OCH3 is 1. The Labute approximate surface area is 285 Å². The van der Waals surface area contributed by atoms with Gasteiger partial charge in [-0.1, -0.05) is 12.1 Å². The number of fused-ring (bicyclic) bond motifs is 2. The number of benzene rings is 3. The van der Waals surface area contributed by atoms with Crippen LogP contribution in [0.2, 0.25) is 0 Å². The first-order chi connectivity index (χ1) is 23.7. The van der Waals surface area contributed by atoms with Gasteiger partial charge in [-0.2, -0.15) is 0 Å². The van der Waals surface area contributed by atoms with Crippen LogP contribution in [0.15, 0.2) is 48.5 Å². The van der Waals surface area contributed by atoms with Crippen molar-refractivity contribution in [2.75, 3.05) is 13.7 Å². The second-order valence-corrected chi connectivity index (χ2v) is 11.1. The van der Waals surface area contributed by atoms with E-state index in [1.807, 2.05) is 0 Å². The average molecular weight is 693 g/mol. The van der Waals surface area contributed by atoms with Crippen molar-refractivity contribution >= 4 is 35.6 Å². The van der Waals surface area contributed by atoms with Gasteiger partial charge in [-0.3, -0.25) is 28.8 Å². The SMILES string of the molecule is COc1cc([C@@H]2Oc3cc([C@H]4Oc5cc(OC(C)=O)cc(OC(C)=O)c5C(=O)[C@H]4OC(C)=O)ccc3O[C@H]2COC(C)=O)ccc1OC(C)=O. The lowest BCUT2D eigenvalue weighted by molar-refractivity contribution is -0.149. The molecule has 0 radical (unpaired) electrons. The summed E-state index contributed by atoms with van der Waals surface area (Å²) in [5.74, 6) is -3.66. The monoisotopic (exact) mass is 692 g/mol. The molecular weight excluding hydrogens is 660 g/mol. The van der Waals surface area contributed by atoms with Crippen molar-refractivity contribution in [3.8, 4) is 40.2 Å². The van der Waals surface area contributed by atoms with Crippen LogP contribution in [-0.4, -0.2) is 61.6 Å². The highest BCUT2D eigenvalue weighted by molar-refractivity contribution is 6.07. The number of ketones is 1. The predicted octanol–water partition coefficient (Wildman–Crippen LogP) is 4.16. The summed E-state index contributed by atoms with van der Waals surface area (Å²) in [4.78, 5) is 73.0. The Bertz CT molecular complexity index is 1880. The maximum atomic E-state index is 13.9. The Balaban J connectivity index is 1.56. The molecule has 2 heterocycles. The molecule has 262 valence electrons. The number of ether oxygens (including phenoxy) is 9. The summed E-state index contributed by atoms with van der Waals surface area (Å²) in [5, 5.41) is 0. The van der Waals surface area contributed by atoms with E-state index in [2.05, 4.69) is 0 Å². The first kappa shape index (κ1) is 35.2. The molecule has 2 aliphatic rings. The van der Waals surface area contributed by atoms with Gasteiger partial charge in [0.25, 0.3) is 0 Å². The Kier molecular flexibility index (Phi) is 10.2. The molecule has 15 nitrogen and oxygen atoms in total. The Hall–Kier alpha value is -6.12. The molecule has 4 atom stereocenters. The van der Waals surface area contributed by atoms with Crippen LogP contribution in [0.4, 0.5) is 0 Å². The number of esters is 5. The van der Waals surface area contributed by atoms with Gasteiger partial charge in [-0.15, -0.1) is 0 Å². The zero-order valence-corrected chi connectivity index (χ0v) is 27.8. The molecule has 0 fully saturated rings. The summed E-state index contributed by atoms with van der Waals surface area (Å²) in [6.45, 7) is 5.73. The summed E-state index contributed by atoms with van der Waals surface area (Å²) in [5.41, 5.74) is 0.623. The van der Waals surface area contributed by atoms with Gasteiger partial charge in [0.05, 0.1) is 7.11 Å². The molecule has 0 saturated heterocycles. The predicted molar refractivity (Wildman–Crippen MR) is 167 cm³/mol. The topological polar surface area (TPSA) is 185 Å². The third-order valence-corrected chi connectivity index (χ3v) is 7.27. The Morgan fingerprint density at radius 1 is 0.620 bits per heavy atom. The van der Waals surface area contributed by atoms with E-state index in [-0.39, 0.29) is 52.4 Å². The second-order valence-electron chi connectivity index (χ2n) is 11.1. The van der Waals surface area contributed by atoms with Gasteiger partial charge in [0.1, 0.15) is 29.4 Å². The van der Waals surface area contributed by atoms with Gasteiger partial charge < -0.3 is 42.6 Å². The lowest BCUT2D eigenvalue weighted by atomic mass is 9.92. The molecule has 2 aliphatic heterocycles. The van der Waals surface area contributed by atoms with E-state index in [1.165, 1.54) is 52.1 Å². The van der Waals surface area contributed by atoms with Crippen molar-refractivity contribution in [1.29, 1.82) is 0 Å². The molecule has 0 spiro atoms. The molecule has 0 aliphatic carbocycles. The van der Waals surface area contributed by atoms with E-state index >= 15 is 0 Å². The first-order valence-corrected chi connectivity index (χ1v) is 15.1. The molecule has 3 aromatic carbocycles. The Morgan fingerprint density at radius 2 is 1.26 bits per heavy atom. The lowest BCUT2D eigenvalue weighted by Gasteiger charge is -2.36. The standard InChI is InChI=1S/C35H32O15/c1-16(36)43-15-30-33(21-7-9-24(45-18(3)38)26(11-21)42-6)49-27-12-22(8-10-25(27)48-30)34-35(47-20(5)40)32(41)31-28(46-19(4)39)13-23(44-17(2)37)14-29(31)50-34/h7-14,30,33-35H,15H2,1-6H3/t30-,33-,34+,35+/m0/s1. The van der Waals surface area contributed by atoms with E-state index in [0.717, 1.165) is 13.8 Å². The first-order valence-electron chi connectivity index (χ1n) is 15.1. The van der Waals surface area contributed by atoms with Crippen LogP contribution in [-0.2, 0) is 33.4 Å². The molecule has 3 aromatic rings. The maximum absolute atomic E-state index is 13.9. The highest BCUT2D eigenvalue weighted by atomic mass is 16.6. The van der Waals surface area contributed by atoms with Gasteiger partial charge >= 0.3 is 29.8 Å². The van der Waals surface area contributed by atoms with Crippen molar-refractivity contribution in [2.45, 2.75) is 59.0 Å².